The number of fused-ring (bicyclic) bond motifs is 1. The summed E-state index contributed by atoms with van der Waals surface area (Å²) in [6.45, 7) is 4.47. The quantitative estimate of drug-likeness (QED) is 0.370. The van der Waals surface area contributed by atoms with Crippen LogP contribution in [-0.4, -0.2) is 20.3 Å². The van der Waals surface area contributed by atoms with Gasteiger partial charge < -0.3 is 18.6 Å². The number of hydrogen-bond donors (Lipinski definition) is 0. The van der Waals surface area contributed by atoms with Gasteiger partial charge in [-0.2, -0.15) is 0 Å². The fourth-order valence-electron chi connectivity index (χ4n) is 3.32. The van der Waals surface area contributed by atoms with Crippen molar-refractivity contribution in [3.8, 4) is 28.6 Å². The lowest BCUT2D eigenvalue weighted by Gasteiger charge is -2.13. The van der Waals surface area contributed by atoms with Crippen molar-refractivity contribution in [2.45, 2.75) is 13.8 Å². The van der Waals surface area contributed by atoms with Crippen LogP contribution in [0.3, 0.4) is 0 Å². The maximum absolute atomic E-state index is 13.3. The minimum Gasteiger partial charge on any atom is -0.497 e. The van der Waals surface area contributed by atoms with Crippen LogP contribution in [0.1, 0.15) is 11.1 Å². The van der Waals surface area contributed by atoms with Gasteiger partial charge in [-0.25, -0.2) is 0 Å². The van der Waals surface area contributed by atoms with E-state index in [4.69, 9.17) is 18.6 Å². The Hall–Kier alpha value is -3.73. The first-order valence-corrected chi connectivity index (χ1v) is 10.1. The van der Waals surface area contributed by atoms with Crippen molar-refractivity contribution in [1.82, 2.24) is 0 Å². The second-order valence-corrected chi connectivity index (χ2v) is 7.26. The zero-order chi connectivity index (χ0) is 21.8. The highest BCUT2D eigenvalue weighted by molar-refractivity contribution is 5.83. The van der Waals surface area contributed by atoms with E-state index < -0.39 is 0 Å². The van der Waals surface area contributed by atoms with E-state index in [1.165, 1.54) is 0 Å². The molecule has 0 amide bonds. The van der Waals surface area contributed by atoms with Gasteiger partial charge in [-0.05, 0) is 73.5 Å². The lowest BCUT2D eigenvalue weighted by Crippen LogP contribution is -2.15. The molecule has 0 atom stereocenters. The summed E-state index contributed by atoms with van der Waals surface area (Å²) < 4.78 is 23.0. The zero-order valence-corrected chi connectivity index (χ0v) is 17.8. The molecule has 31 heavy (non-hydrogen) atoms. The fourth-order valence-corrected chi connectivity index (χ4v) is 3.32. The maximum atomic E-state index is 13.3. The third-order valence-electron chi connectivity index (χ3n) is 5.16. The Morgan fingerprint density at radius 3 is 2.19 bits per heavy atom. The largest absolute Gasteiger partial charge is 0.497 e. The molecule has 4 rings (SSSR count). The van der Waals surface area contributed by atoms with Gasteiger partial charge in [0.15, 0.2) is 5.76 Å². The maximum Gasteiger partial charge on any atom is 0.235 e. The summed E-state index contributed by atoms with van der Waals surface area (Å²) in [6.07, 6.45) is 0. The third kappa shape index (κ3) is 4.40. The number of methoxy groups -OCH3 is 1. The number of hydrogen-bond acceptors (Lipinski definition) is 5. The molecule has 0 saturated carbocycles. The Balaban J connectivity index is 1.70. The molecule has 5 heteroatoms. The van der Waals surface area contributed by atoms with Crippen molar-refractivity contribution < 1.29 is 18.6 Å². The summed E-state index contributed by atoms with van der Waals surface area (Å²) >= 11 is 0. The van der Waals surface area contributed by atoms with E-state index in [1.807, 2.05) is 80.6 Å². The van der Waals surface area contributed by atoms with E-state index in [0.29, 0.717) is 23.3 Å². The molecule has 0 radical (unpaired) electrons. The second-order valence-electron chi connectivity index (χ2n) is 7.26. The van der Waals surface area contributed by atoms with Gasteiger partial charge >= 0.3 is 0 Å². The summed E-state index contributed by atoms with van der Waals surface area (Å²) in [6, 6.07) is 20.5. The first-order valence-electron chi connectivity index (χ1n) is 10.1. The van der Waals surface area contributed by atoms with Crippen LogP contribution in [0, 0.1) is 13.8 Å². The highest BCUT2D eigenvalue weighted by atomic mass is 16.5. The van der Waals surface area contributed by atoms with Crippen molar-refractivity contribution in [3.63, 3.8) is 0 Å². The molecular formula is C26H24O5. The number of para-hydroxylation sites is 1. The highest BCUT2D eigenvalue weighted by Crippen LogP contribution is 2.32. The minimum atomic E-state index is -0.199. The van der Waals surface area contributed by atoms with Gasteiger partial charge in [0.1, 0.15) is 30.3 Å². The monoisotopic (exact) mass is 416 g/mol. The van der Waals surface area contributed by atoms with Gasteiger partial charge in [-0.3, -0.25) is 4.79 Å². The van der Waals surface area contributed by atoms with Crippen LogP contribution < -0.4 is 19.6 Å². The molecule has 0 aliphatic rings. The number of benzene rings is 3. The van der Waals surface area contributed by atoms with Crippen molar-refractivity contribution in [3.05, 3.63) is 88.1 Å². The van der Waals surface area contributed by atoms with Crippen molar-refractivity contribution >= 4 is 11.0 Å². The molecule has 0 aliphatic heterocycles. The average molecular weight is 416 g/mol. The van der Waals surface area contributed by atoms with Crippen LogP contribution in [0.25, 0.3) is 22.3 Å². The van der Waals surface area contributed by atoms with E-state index in [9.17, 15) is 4.79 Å². The van der Waals surface area contributed by atoms with Crippen LogP contribution in [0.5, 0.6) is 17.2 Å². The van der Waals surface area contributed by atoms with Gasteiger partial charge in [0.25, 0.3) is 0 Å². The Labute approximate surface area is 180 Å². The molecule has 0 aliphatic carbocycles. The van der Waals surface area contributed by atoms with Crippen LogP contribution in [-0.2, 0) is 0 Å². The summed E-state index contributed by atoms with van der Waals surface area (Å²) in [5.41, 5.74) is 3.15. The molecule has 5 nitrogen and oxygen atoms in total. The van der Waals surface area contributed by atoms with Gasteiger partial charge in [0.05, 0.1) is 12.5 Å². The van der Waals surface area contributed by atoms with Crippen LogP contribution in [0.4, 0.5) is 0 Å². The molecule has 1 heterocycles. The van der Waals surface area contributed by atoms with E-state index >= 15 is 0 Å². The molecule has 0 fully saturated rings. The SMILES string of the molecule is COc1ccc(-c2oc3cc(C)c(C)cc3c(=O)c2OCCOc2ccccc2)cc1. The Kier molecular flexibility index (Phi) is 5.94. The lowest BCUT2D eigenvalue weighted by molar-refractivity contribution is 0.214. The third-order valence-corrected chi connectivity index (χ3v) is 5.16. The molecule has 1 aromatic heterocycles. The zero-order valence-electron chi connectivity index (χ0n) is 17.8. The highest BCUT2D eigenvalue weighted by Gasteiger charge is 2.18. The van der Waals surface area contributed by atoms with Gasteiger partial charge in [0.2, 0.25) is 11.2 Å². The molecule has 0 spiro atoms. The van der Waals surface area contributed by atoms with Crippen molar-refractivity contribution in [1.29, 1.82) is 0 Å². The van der Waals surface area contributed by atoms with Crippen molar-refractivity contribution in [2.75, 3.05) is 20.3 Å². The number of rotatable bonds is 7. The van der Waals surface area contributed by atoms with Gasteiger partial charge in [-0.15, -0.1) is 0 Å². The normalized spacial score (nSPS) is 10.8. The summed E-state index contributed by atoms with van der Waals surface area (Å²) in [7, 11) is 1.61. The van der Waals surface area contributed by atoms with Crippen molar-refractivity contribution in [2.24, 2.45) is 0 Å². The predicted molar refractivity (Wildman–Crippen MR) is 121 cm³/mol. The van der Waals surface area contributed by atoms with E-state index in [2.05, 4.69) is 0 Å². The molecule has 0 unspecified atom stereocenters. The fraction of sp³-hybridized carbons (Fsp3) is 0.192. The number of aryl methyl sites for hydroxylation is 2. The molecule has 0 saturated heterocycles. The summed E-state index contributed by atoms with van der Waals surface area (Å²) in [4.78, 5) is 13.3. The first kappa shape index (κ1) is 20.5. The van der Waals surface area contributed by atoms with Gasteiger partial charge in [-0.1, -0.05) is 18.2 Å². The van der Waals surface area contributed by atoms with Gasteiger partial charge in [0, 0.05) is 5.56 Å². The molecule has 0 bridgehead atoms. The Morgan fingerprint density at radius 1 is 0.806 bits per heavy atom. The summed E-state index contributed by atoms with van der Waals surface area (Å²) in [5, 5.41) is 0.499. The van der Waals surface area contributed by atoms with E-state index in [0.717, 1.165) is 28.2 Å². The molecule has 0 N–H and O–H groups in total. The lowest BCUT2D eigenvalue weighted by atomic mass is 10.0. The predicted octanol–water partition coefficient (Wildman–Crippen LogP) is 5.54. The minimum absolute atomic E-state index is 0.178. The Bertz CT molecular complexity index is 1240. The molecule has 4 aromatic rings. The topological polar surface area (TPSA) is 57.9 Å². The molecule has 158 valence electrons. The average Bonchev–Trinajstić information content (AvgIpc) is 2.80. The van der Waals surface area contributed by atoms with Crippen LogP contribution >= 0.6 is 0 Å². The molecular weight excluding hydrogens is 392 g/mol. The van der Waals surface area contributed by atoms with Crippen LogP contribution in [0.15, 0.2) is 75.9 Å². The Morgan fingerprint density at radius 2 is 1.48 bits per heavy atom. The van der Waals surface area contributed by atoms with E-state index in [1.54, 1.807) is 7.11 Å². The molecule has 3 aromatic carbocycles. The summed E-state index contributed by atoms with van der Waals surface area (Å²) in [5.74, 6) is 2.04. The number of ether oxygens (including phenoxy) is 3. The van der Waals surface area contributed by atoms with Crippen LogP contribution in [0.2, 0.25) is 0 Å². The standard InChI is InChI=1S/C26H24O5/c1-17-15-22-23(16-18(17)2)31-25(19-9-11-20(28-3)12-10-19)26(24(22)27)30-14-13-29-21-7-5-4-6-8-21/h4-12,15-16H,13-14H2,1-3H3. The first-order chi connectivity index (χ1) is 15.1. The smallest absolute Gasteiger partial charge is 0.235 e. The second kappa shape index (κ2) is 8.96. The van der Waals surface area contributed by atoms with E-state index in [-0.39, 0.29) is 17.8 Å².